The van der Waals surface area contributed by atoms with Crippen molar-refractivity contribution in [3.8, 4) is 11.4 Å². The molecule has 0 aliphatic carbocycles. The molecule has 0 radical (unpaired) electrons. The van der Waals surface area contributed by atoms with Crippen LogP contribution in [0.15, 0.2) is 36.7 Å². The fourth-order valence-electron chi connectivity index (χ4n) is 2.34. The summed E-state index contributed by atoms with van der Waals surface area (Å²) in [5.41, 5.74) is 0.168. The Labute approximate surface area is 135 Å². The van der Waals surface area contributed by atoms with Crippen LogP contribution in [0.3, 0.4) is 0 Å². The van der Waals surface area contributed by atoms with Gasteiger partial charge >= 0.3 is 6.18 Å². The van der Waals surface area contributed by atoms with Crippen molar-refractivity contribution >= 4 is 11.6 Å². The van der Waals surface area contributed by atoms with Gasteiger partial charge in [0.2, 0.25) is 5.91 Å². The summed E-state index contributed by atoms with van der Waals surface area (Å²) in [7, 11) is 0. The highest BCUT2D eigenvalue weighted by Crippen LogP contribution is 2.30. The summed E-state index contributed by atoms with van der Waals surface area (Å²) < 4.78 is 42.8. The first-order valence-corrected chi connectivity index (χ1v) is 7.32. The van der Waals surface area contributed by atoms with Crippen molar-refractivity contribution in [3.63, 3.8) is 0 Å². The maximum absolute atomic E-state index is 12.5. The molecule has 0 bridgehead atoms. The number of rotatable bonds is 3. The Morgan fingerprint density at radius 3 is 2.38 bits per heavy atom. The predicted octanol–water partition coefficient (Wildman–Crippen LogP) is 3.14. The van der Waals surface area contributed by atoms with E-state index in [1.54, 1.807) is 0 Å². The molecule has 1 saturated heterocycles. The van der Waals surface area contributed by atoms with Crippen molar-refractivity contribution < 1.29 is 22.7 Å². The molecule has 24 heavy (non-hydrogen) atoms. The number of carbonyl (C=O) groups is 1. The van der Waals surface area contributed by atoms with Gasteiger partial charge in [-0.2, -0.15) is 13.2 Å². The molecular weight excluding hydrogens is 323 g/mol. The fraction of sp³-hybridized carbons (Fsp3) is 0.312. The molecule has 0 unspecified atom stereocenters. The Bertz CT molecular complexity index is 709. The first-order chi connectivity index (χ1) is 11.4. The summed E-state index contributed by atoms with van der Waals surface area (Å²) in [6.07, 6.45) is -0.852. The summed E-state index contributed by atoms with van der Waals surface area (Å²) in [6, 6.07) is 4.58. The standard InChI is InChI=1S/C16H14F3N3O2/c17-16(18,19)12-3-1-10(2-4-12)14-20-7-13(8-21-14)22-15(23)11-5-6-24-9-11/h1-4,7-8,11H,5-6,9H2,(H,22,23)/t11-/m1/s1. The monoisotopic (exact) mass is 337 g/mol. The van der Waals surface area contributed by atoms with Crippen LogP contribution < -0.4 is 5.32 Å². The van der Waals surface area contributed by atoms with Gasteiger partial charge in [0, 0.05) is 12.2 Å². The maximum Gasteiger partial charge on any atom is 0.416 e. The molecular formula is C16H14F3N3O2. The molecule has 1 aliphatic heterocycles. The van der Waals surface area contributed by atoms with Gasteiger partial charge < -0.3 is 10.1 Å². The number of aromatic nitrogens is 2. The molecule has 1 aliphatic rings. The van der Waals surface area contributed by atoms with Crippen LogP contribution in [0.25, 0.3) is 11.4 Å². The second-order valence-electron chi connectivity index (χ2n) is 5.42. The zero-order valence-corrected chi connectivity index (χ0v) is 12.5. The van der Waals surface area contributed by atoms with E-state index in [1.165, 1.54) is 24.5 Å². The first-order valence-electron chi connectivity index (χ1n) is 7.32. The molecule has 1 atom stereocenters. The van der Waals surface area contributed by atoms with Crippen LogP contribution in [0, 0.1) is 5.92 Å². The summed E-state index contributed by atoms with van der Waals surface area (Å²) >= 11 is 0. The molecule has 0 spiro atoms. The van der Waals surface area contributed by atoms with Crippen LogP contribution in [0.5, 0.6) is 0 Å². The van der Waals surface area contributed by atoms with E-state index in [-0.39, 0.29) is 17.6 Å². The van der Waals surface area contributed by atoms with Gasteiger partial charge in [0.05, 0.1) is 36.2 Å². The van der Waals surface area contributed by atoms with Crippen molar-refractivity contribution in [2.45, 2.75) is 12.6 Å². The number of anilines is 1. The third kappa shape index (κ3) is 3.70. The Morgan fingerprint density at radius 2 is 1.83 bits per heavy atom. The van der Waals surface area contributed by atoms with E-state index in [2.05, 4.69) is 15.3 Å². The molecule has 8 heteroatoms. The lowest BCUT2D eigenvalue weighted by Gasteiger charge is -2.09. The highest BCUT2D eigenvalue weighted by atomic mass is 19.4. The fourth-order valence-corrected chi connectivity index (χ4v) is 2.34. The molecule has 1 amide bonds. The summed E-state index contributed by atoms with van der Waals surface area (Å²) in [5.74, 6) is -0.0520. The molecule has 1 aromatic heterocycles. The Morgan fingerprint density at radius 1 is 1.17 bits per heavy atom. The topological polar surface area (TPSA) is 64.1 Å². The highest BCUT2D eigenvalue weighted by molar-refractivity contribution is 5.92. The molecule has 1 fully saturated rings. The Hall–Kier alpha value is -2.48. The van der Waals surface area contributed by atoms with Gasteiger partial charge in [-0.3, -0.25) is 4.79 Å². The minimum Gasteiger partial charge on any atom is -0.381 e. The van der Waals surface area contributed by atoms with E-state index >= 15 is 0 Å². The van der Waals surface area contributed by atoms with Gasteiger partial charge in [0.25, 0.3) is 0 Å². The highest BCUT2D eigenvalue weighted by Gasteiger charge is 2.30. The van der Waals surface area contributed by atoms with E-state index in [0.717, 1.165) is 12.1 Å². The lowest BCUT2D eigenvalue weighted by atomic mass is 10.1. The van der Waals surface area contributed by atoms with E-state index in [1.807, 2.05) is 0 Å². The van der Waals surface area contributed by atoms with Crippen molar-refractivity contribution in [3.05, 3.63) is 42.2 Å². The predicted molar refractivity (Wildman–Crippen MR) is 80.0 cm³/mol. The summed E-state index contributed by atoms with van der Waals surface area (Å²) in [5, 5.41) is 2.70. The first kappa shape index (κ1) is 16.4. The van der Waals surface area contributed by atoms with Gasteiger partial charge in [-0.15, -0.1) is 0 Å². The van der Waals surface area contributed by atoms with Crippen LogP contribution >= 0.6 is 0 Å². The molecule has 2 heterocycles. The SMILES string of the molecule is O=C(Nc1cnc(-c2ccc(C(F)(F)F)cc2)nc1)[C@@H]1CCOC1. The lowest BCUT2D eigenvalue weighted by Crippen LogP contribution is -2.22. The zero-order chi connectivity index (χ0) is 17.2. The second kappa shape index (κ2) is 6.56. The van der Waals surface area contributed by atoms with Gasteiger partial charge in [0.1, 0.15) is 0 Å². The molecule has 1 N–H and O–H groups in total. The van der Waals surface area contributed by atoms with Gasteiger partial charge in [0.15, 0.2) is 5.82 Å². The average molecular weight is 337 g/mol. The largest absolute Gasteiger partial charge is 0.416 e. The van der Waals surface area contributed by atoms with Gasteiger partial charge in [-0.05, 0) is 18.6 Å². The molecule has 126 valence electrons. The Balaban J connectivity index is 1.69. The van der Waals surface area contributed by atoms with Crippen LogP contribution in [0.4, 0.5) is 18.9 Å². The van der Waals surface area contributed by atoms with E-state index in [4.69, 9.17) is 4.74 Å². The molecule has 3 rings (SSSR count). The Kier molecular flexibility index (Phi) is 4.48. The van der Waals surface area contributed by atoms with E-state index in [0.29, 0.717) is 30.9 Å². The number of benzene rings is 1. The third-order valence-corrected chi connectivity index (χ3v) is 3.69. The van der Waals surface area contributed by atoms with Gasteiger partial charge in [-0.25, -0.2) is 9.97 Å². The quantitative estimate of drug-likeness (QED) is 0.935. The van der Waals surface area contributed by atoms with E-state index in [9.17, 15) is 18.0 Å². The molecule has 1 aromatic carbocycles. The van der Waals surface area contributed by atoms with Crippen LogP contribution in [0.1, 0.15) is 12.0 Å². The second-order valence-corrected chi connectivity index (χ2v) is 5.42. The molecule has 2 aromatic rings. The van der Waals surface area contributed by atoms with Crippen molar-refractivity contribution in [2.24, 2.45) is 5.92 Å². The normalized spacial score (nSPS) is 17.7. The number of nitrogens with zero attached hydrogens (tertiary/aromatic N) is 2. The molecule has 0 saturated carbocycles. The summed E-state index contributed by atoms with van der Waals surface area (Å²) in [6.45, 7) is 0.970. The summed E-state index contributed by atoms with van der Waals surface area (Å²) in [4.78, 5) is 20.1. The number of amides is 1. The van der Waals surface area contributed by atoms with Crippen molar-refractivity contribution in [2.75, 3.05) is 18.5 Å². The number of ether oxygens (including phenoxy) is 1. The minimum atomic E-state index is -4.38. The number of nitrogens with one attached hydrogen (secondary N) is 1. The average Bonchev–Trinajstić information content (AvgIpc) is 3.09. The number of hydrogen-bond acceptors (Lipinski definition) is 4. The number of halogens is 3. The van der Waals surface area contributed by atoms with Crippen molar-refractivity contribution in [1.82, 2.24) is 9.97 Å². The smallest absolute Gasteiger partial charge is 0.381 e. The third-order valence-electron chi connectivity index (χ3n) is 3.69. The van der Waals surface area contributed by atoms with Crippen LogP contribution in [-0.2, 0) is 15.7 Å². The zero-order valence-electron chi connectivity index (χ0n) is 12.5. The van der Waals surface area contributed by atoms with Crippen LogP contribution in [-0.4, -0.2) is 29.1 Å². The molecule has 5 nitrogen and oxygen atoms in total. The number of carbonyl (C=O) groups excluding carboxylic acids is 1. The van der Waals surface area contributed by atoms with Crippen molar-refractivity contribution in [1.29, 1.82) is 0 Å². The maximum atomic E-state index is 12.5. The minimum absolute atomic E-state index is 0.154. The van der Waals surface area contributed by atoms with E-state index < -0.39 is 11.7 Å². The van der Waals surface area contributed by atoms with Crippen LogP contribution in [0.2, 0.25) is 0 Å². The number of alkyl halides is 3. The van der Waals surface area contributed by atoms with Gasteiger partial charge in [-0.1, -0.05) is 12.1 Å². The lowest BCUT2D eigenvalue weighted by molar-refractivity contribution is -0.137. The number of hydrogen-bond donors (Lipinski definition) is 1.